The number of piperidine rings is 1. The average molecular weight is 209 g/mol. The van der Waals surface area contributed by atoms with E-state index in [4.69, 9.17) is 0 Å². The number of nitrogens with one attached hydrogen (secondary N) is 1. The van der Waals surface area contributed by atoms with E-state index in [1.165, 1.54) is 12.1 Å². The lowest BCUT2D eigenvalue weighted by Crippen LogP contribution is -2.48. The van der Waals surface area contributed by atoms with Crippen LogP contribution in [0.2, 0.25) is 0 Å². The molecule has 3 heteroatoms. The zero-order chi connectivity index (χ0) is 10.7. The highest BCUT2D eigenvalue weighted by molar-refractivity contribution is 5.25. The van der Waals surface area contributed by atoms with Crippen molar-refractivity contribution < 1.29 is 9.50 Å². The van der Waals surface area contributed by atoms with Crippen LogP contribution in [0.25, 0.3) is 0 Å². The topological polar surface area (TPSA) is 32.3 Å². The summed E-state index contributed by atoms with van der Waals surface area (Å²) in [6, 6.07) is 6.40. The Morgan fingerprint density at radius 1 is 1.27 bits per heavy atom. The summed E-state index contributed by atoms with van der Waals surface area (Å²) in [6.07, 6.45) is 3.16. The van der Waals surface area contributed by atoms with Gasteiger partial charge in [0.2, 0.25) is 0 Å². The SMILES string of the molecule is OCC1(c2ccc(F)cc2)CCCCN1. The molecular weight excluding hydrogens is 193 g/mol. The summed E-state index contributed by atoms with van der Waals surface area (Å²) in [6.45, 7) is 0.983. The summed E-state index contributed by atoms with van der Waals surface area (Å²) < 4.78 is 12.8. The van der Waals surface area contributed by atoms with Crippen LogP contribution >= 0.6 is 0 Å². The molecule has 1 aromatic carbocycles. The van der Waals surface area contributed by atoms with Crippen molar-refractivity contribution in [2.75, 3.05) is 13.2 Å². The molecule has 0 amide bonds. The van der Waals surface area contributed by atoms with Gasteiger partial charge in [0.25, 0.3) is 0 Å². The molecule has 1 atom stereocenters. The second-order valence-corrected chi connectivity index (χ2v) is 4.13. The largest absolute Gasteiger partial charge is 0.394 e. The van der Waals surface area contributed by atoms with Crippen LogP contribution in [0, 0.1) is 5.82 Å². The lowest BCUT2D eigenvalue weighted by Gasteiger charge is -2.37. The molecule has 0 aromatic heterocycles. The van der Waals surface area contributed by atoms with Gasteiger partial charge in [0.1, 0.15) is 5.82 Å². The second kappa shape index (κ2) is 4.29. The highest BCUT2D eigenvalue weighted by Crippen LogP contribution is 2.29. The quantitative estimate of drug-likeness (QED) is 0.778. The first kappa shape index (κ1) is 10.6. The second-order valence-electron chi connectivity index (χ2n) is 4.13. The first-order chi connectivity index (χ1) is 7.27. The van der Waals surface area contributed by atoms with E-state index in [0.29, 0.717) is 0 Å². The molecular formula is C12H16FNO. The van der Waals surface area contributed by atoms with E-state index in [1.807, 2.05) is 0 Å². The minimum Gasteiger partial charge on any atom is -0.394 e. The van der Waals surface area contributed by atoms with Gasteiger partial charge < -0.3 is 10.4 Å². The molecule has 0 aliphatic carbocycles. The summed E-state index contributed by atoms with van der Waals surface area (Å²) >= 11 is 0. The highest BCUT2D eigenvalue weighted by Gasteiger charge is 2.32. The fraction of sp³-hybridized carbons (Fsp3) is 0.500. The molecule has 0 bridgehead atoms. The number of halogens is 1. The average Bonchev–Trinajstić information content (AvgIpc) is 2.31. The molecule has 0 radical (unpaired) electrons. The summed E-state index contributed by atoms with van der Waals surface area (Å²) in [4.78, 5) is 0. The Morgan fingerprint density at radius 2 is 2.00 bits per heavy atom. The molecule has 0 spiro atoms. The Kier molecular flexibility index (Phi) is 3.03. The molecule has 2 N–H and O–H groups in total. The molecule has 1 heterocycles. The number of aliphatic hydroxyl groups is 1. The van der Waals surface area contributed by atoms with Crippen molar-refractivity contribution in [3.05, 3.63) is 35.6 Å². The Labute approximate surface area is 89.1 Å². The first-order valence-electron chi connectivity index (χ1n) is 5.39. The number of hydrogen-bond acceptors (Lipinski definition) is 2. The van der Waals surface area contributed by atoms with Crippen molar-refractivity contribution >= 4 is 0 Å². The molecule has 2 nitrogen and oxygen atoms in total. The van der Waals surface area contributed by atoms with E-state index in [1.54, 1.807) is 12.1 Å². The Bertz CT molecular complexity index is 317. The number of rotatable bonds is 2. The van der Waals surface area contributed by atoms with E-state index >= 15 is 0 Å². The zero-order valence-corrected chi connectivity index (χ0v) is 8.67. The van der Waals surface area contributed by atoms with Crippen LogP contribution < -0.4 is 5.32 Å². The van der Waals surface area contributed by atoms with Crippen molar-refractivity contribution in [2.24, 2.45) is 0 Å². The van der Waals surface area contributed by atoms with Gasteiger partial charge in [-0.15, -0.1) is 0 Å². The molecule has 1 saturated heterocycles. The normalized spacial score (nSPS) is 26.5. The van der Waals surface area contributed by atoms with Crippen LogP contribution in [0.5, 0.6) is 0 Å². The molecule has 82 valence electrons. The van der Waals surface area contributed by atoms with Gasteiger partial charge in [-0.2, -0.15) is 0 Å². The fourth-order valence-corrected chi connectivity index (χ4v) is 2.21. The van der Waals surface area contributed by atoms with Gasteiger partial charge in [0, 0.05) is 0 Å². The summed E-state index contributed by atoms with van der Waals surface area (Å²) in [5, 5.41) is 12.9. The van der Waals surface area contributed by atoms with Crippen molar-refractivity contribution in [3.63, 3.8) is 0 Å². The molecule has 1 aromatic rings. The van der Waals surface area contributed by atoms with Gasteiger partial charge in [-0.05, 0) is 43.5 Å². The number of hydrogen-bond donors (Lipinski definition) is 2. The van der Waals surface area contributed by atoms with Gasteiger partial charge in [0.05, 0.1) is 12.1 Å². The maximum absolute atomic E-state index is 12.8. The summed E-state index contributed by atoms with van der Waals surface area (Å²) in [7, 11) is 0. The third kappa shape index (κ3) is 2.03. The zero-order valence-electron chi connectivity index (χ0n) is 8.67. The van der Waals surface area contributed by atoms with Crippen LogP contribution in [0.3, 0.4) is 0 Å². The van der Waals surface area contributed by atoms with Gasteiger partial charge in [0.15, 0.2) is 0 Å². The minimum absolute atomic E-state index is 0.0681. The third-order valence-electron chi connectivity index (χ3n) is 3.16. The predicted octanol–water partition coefficient (Wildman–Crippen LogP) is 1.79. The van der Waals surface area contributed by atoms with Crippen LogP contribution in [-0.2, 0) is 5.54 Å². The number of benzene rings is 1. The van der Waals surface area contributed by atoms with Gasteiger partial charge in [-0.3, -0.25) is 0 Å². The Hall–Kier alpha value is -0.930. The van der Waals surface area contributed by atoms with Crippen LogP contribution in [0.4, 0.5) is 4.39 Å². The molecule has 1 aliphatic rings. The van der Waals surface area contributed by atoms with Crippen LogP contribution in [0.1, 0.15) is 24.8 Å². The monoisotopic (exact) mass is 209 g/mol. The molecule has 2 rings (SSSR count). The molecule has 0 saturated carbocycles. The maximum Gasteiger partial charge on any atom is 0.123 e. The fourth-order valence-electron chi connectivity index (χ4n) is 2.21. The Morgan fingerprint density at radius 3 is 2.53 bits per heavy atom. The van der Waals surface area contributed by atoms with Crippen LogP contribution in [0.15, 0.2) is 24.3 Å². The molecule has 1 unspecified atom stereocenters. The number of aliphatic hydroxyl groups excluding tert-OH is 1. The molecule has 1 aliphatic heterocycles. The van der Waals surface area contributed by atoms with E-state index in [9.17, 15) is 9.50 Å². The standard InChI is InChI=1S/C12H16FNO/c13-11-5-3-10(4-6-11)12(9-15)7-1-2-8-14-12/h3-6,14-15H,1-2,7-9H2. The van der Waals surface area contributed by atoms with Gasteiger partial charge in [-0.25, -0.2) is 4.39 Å². The van der Waals surface area contributed by atoms with Crippen molar-refractivity contribution in [1.29, 1.82) is 0 Å². The van der Waals surface area contributed by atoms with Gasteiger partial charge in [-0.1, -0.05) is 12.1 Å². The van der Waals surface area contributed by atoms with Crippen LogP contribution in [-0.4, -0.2) is 18.3 Å². The highest BCUT2D eigenvalue weighted by atomic mass is 19.1. The Balaban J connectivity index is 2.28. The first-order valence-corrected chi connectivity index (χ1v) is 5.39. The lowest BCUT2D eigenvalue weighted by molar-refractivity contribution is 0.131. The third-order valence-corrected chi connectivity index (χ3v) is 3.16. The van der Waals surface area contributed by atoms with Crippen molar-refractivity contribution in [1.82, 2.24) is 5.32 Å². The van der Waals surface area contributed by atoms with Gasteiger partial charge >= 0.3 is 0 Å². The summed E-state index contributed by atoms with van der Waals surface area (Å²) in [5.74, 6) is -0.234. The van der Waals surface area contributed by atoms with E-state index in [0.717, 1.165) is 31.4 Å². The van der Waals surface area contributed by atoms with Crippen molar-refractivity contribution in [3.8, 4) is 0 Å². The molecule has 15 heavy (non-hydrogen) atoms. The van der Waals surface area contributed by atoms with Crippen molar-refractivity contribution in [2.45, 2.75) is 24.8 Å². The maximum atomic E-state index is 12.8. The lowest BCUT2D eigenvalue weighted by atomic mass is 9.83. The van der Waals surface area contributed by atoms with E-state index < -0.39 is 0 Å². The smallest absolute Gasteiger partial charge is 0.123 e. The summed E-state index contributed by atoms with van der Waals surface area (Å²) in [5.41, 5.74) is 0.623. The van der Waals surface area contributed by atoms with E-state index in [-0.39, 0.29) is 18.0 Å². The van der Waals surface area contributed by atoms with E-state index in [2.05, 4.69) is 5.32 Å². The molecule has 1 fully saturated rings. The predicted molar refractivity (Wildman–Crippen MR) is 57.0 cm³/mol. The minimum atomic E-state index is -0.355.